The Labute approximate surface area is 78.0 Å². The summed E-state index contributed by atoms with van der Waals surface area (Å²) in [7, 11) is 0. The van der Waals surface area contributed by atoms with Crippen molar-refractivity contribution in [2.24, 2.45) is 0 Å². The molecule has 0 unspecified atom stereocenters. The Bertz CT molecular complexity index is 326. The van der Waals surface area contributed by atoms with Crippen molar-refractivity contribution in [2.75, 3.05) is 0 Å². The van der Waals surface area contributed by atoms with Crippen LogP contribution in [-0.4, -0.2) is 14.6 Å². The van der Waals surface area contributed by atoms with Crippen molar-refractivity contribution in [2.45, 2.75) is 0 Å². The van der Waals surface area contributed by atoms with E-state index in [1.807, 2.05) is 12.3 Å². The van der Waals surface area contributed by atoms with Crippen molar-refractivity contribution in [3.63, 3.8) is 0 Å². The number of hydrogen-bond donors (Lipinski definition) is 0. The molecule has 0 aliphatic carbocycles. The SMILES string of the molecule is Brc1cc2cncnn2c1.Cl. The van der Waals surface area contributed by atoms with E-state index in [9.17, 15) is 0 Å². The highest BCUT2D eigenvalue weighted by Crippen LogP contribution is 2.12. The van der Waals surface area contributed by atoms with Crippen LogP contribution in [0.15, 0.2) is 29.3 Å². The zero-order valence-electron chi connectivity index (χ0n) is 5.44. The van der Waals surface area contributed by atoms with Gasteiger partial charge in [-0.3, -0.25) is 0 Å². The maximum absolute atomic E-state index is 3.98. The fourth-order valence-electron chi connectivity index (χ4n) is 0.828. The van der Waals surface area contributed by atoms with Gasteiger partial charge in [0.15, 0.2) is 0 Å². The number of fused-ring (bicyclic) bond motifs is 1. The van der Waals surface area contributed by atoms with Crippen LogP contribution >= 0.6 is 28.3 Å². The number of hydrogen-bond acceptors (Lipinski definition) is 2. The lowest BCUT2D eigenvalue weighted by molar-refractivity contribution is 0.902. The van der Waals surface area contributed by atoms with Crippen LogP contribution in [0.25, 0.3) is 5.52 Å². The molecule has 0 saturated heterocycles. The number of aromatic nitrogens is 3. The summed E-state index contributed by atoms with van der Waals surface area (Å²) >= 11 is 3.34. The van der Waals surface area contributed by atoms with E-state index < -0.39 is 0 Å². The molecule has 2 heterocycles. The van der Waals surface area contributed by atoms with E-state index in [2.05, 4.69) is 26.0 Å². The number of nitrogens with zero attached hydrogens (tertiary/aromatic N) is 3. The van der Waals surface area contributed by atoms with Gasteiger partial charge in [0, 0.05) is 10.7 Å². The normalized spacial score (nSPS) is 9.55. The molecule has 58 valence electrons. The molecule has 5 heteroatoms. The van der Waals surface area contributed by atoms with Crippen molar-refractivity contribution in [1.82, 2.24) is 14.6 Å². The molecule has 3 nitrogen and oxygen atoms in total. The molecule has 0 fully saturated rings. The topological polar surface area (TPSA) is 30.2 Å². The second-order valence-corrected chi connectivity index (χ2v) is 2.85. The first-order chi connectivity index (χ1) is 4.86. The van der Waals surface area contributed by atoms with E-state index in [4.69, 9.17) is 0 Å². The molecule has 0 aromatic carbocycles. The first-order valence-electron chi connectivity index (χ1n) is 2.80. The largest absolute Gasteiger partial charge is 0.241 e. The lowest BCUT2D eigenvalue weighted by Crippen LogP contribution is -1.87. The van der Waals surface area contributed by atoms with Crippen molar-refractivity contribution in [3.8, 4) is 0 Å². The van der Waals surface area contributed by atoms with Gasteiger partial charge in [0.25, 0.3) is 0 Å². The van der Waals surface area contributed by atoms with Crippen LogP contribution in [0, 0.1) is 0 Å². The van der Waals surface area contributed by atoms with Gasteiger partial charge in [-0.1, -0.05) is 0 Å². The highest BCUT2D eigenvalue weighted by molar-refractivity contribution is 9.10. The predicted molar refractivity (Wildman–Crippen MR) is 47.9 cm³/mol. The maximum atomic E-state index is 3.98. The third-order valence-corrected chi connectivity index (χ3v) is 1.68. The monoisotopic (exact) mass is 233 g/mol. The second-order valence-electron chi connectivity index (χ2n) is 1.94. The van der Waals surface area contributed by atoms with Crippen LogP contribution < -0.4 is 0 Å². The number of halogens is 2. The highest BCUT2D eigenvalue weighted by Gasteiger charge is 1.93. The van der Waals surface area contributed by atoms with Crippen molar-refractivity contribution < 1.29 is 0 Å². The van der Waals surface area contributed by atoms with Gasteiger partial charge >= 0.3 is 0 Å². The molecule has 0 spiro atoms. The molecule has 0 radical (unpaired) electrons. The molecule has 0 aliphatic heterocycles. The Kier molecular flexibility index (Phi) is 2.46. The smallest absolute Gasteiger partial charge is 0.136 e. The summed E-state index contributed by atoms with van der Waals surface area (Å²) in [5.74, 6) is 0. The fourth-order valence-corrected chi connectivity index (χ4v) is 1.26. The minimum absolute atomic E-state index is 0. The summed E-state index contributed by atoms with van der Waals surface area (Å²) in [4.78, 5) is 3.87. The van der Waals surface area contributed by atoms with Crippen LogP contribution in [0.1, 0.15) is 0 Å². The van der Waals surface area contributed by atoms with Gasteiger partial charge in [-0.2, -0.15) is 5.10 Å². The standard InChI is InChI=1S/C6H4BrN3.ClH/c7-5-1-6-2-8-4-9-10(6)3-5;/h1-4H;1H. The average Bonchev–Trinajstić information content (AvgIpc) is 2.27. The molecule has 11 heavy (non-hydrogen) atoms. The first kappa shape index (κ1) is 8.49. The zero-order valence-corrected chi connectivity index (χ0v) is 7.84. The maximum Gasteiger partial charge on any atom is 0.136 e. The average molecular weight is 234 g/mol. The molecule has 2 aromatic rings. The summed E-state index contributed by atoms with van der Waals surface area (Å²) in [6, 6.07) is 1.96. The van der Waals surface area contributed by atoms with Crippen molar-refractivity contribution in [1.29, 1.82) is 0 Å². The van der Waals surface area contributed by atoms with Crippen molar-refractivity contribution in [3.05, 3.63) is 29.3 Å². The Morgan fingerprint density at radius 1 is 1.45 bits per heavy atom. The van der Waals surface area contributed by atoms with Crippen LogP contribution in [0.2, 0.25) is 0 Å². The molecule has 0 bridgehead atoms. The van der Waals surface area contributed by atoms with E-state index in [0.29, 0.717) is 0 Å². The lowest BCUT2D eigenvalue weighted by atomic mass is 10.5. The van der Waals surface area contributed by atoms with Gasteiger partial charge in [-0.25, -0.2) is 9.50 Å². The van der Waals surface area contributed by atoms with E-state index >= 15 is 0 Å². The van der Waals surface area contributed by atoms with Crippen LogP contribution in [0.4, 0.5) is 0 Å². The lowest BCUT2D eigenvalue weighted by Gasteiger charge is -1.86. The van der Waals surface area contributed by atoms with E-state index in [1.54, 1.807) is 10.7 Å². The Morgan fingerprint density at radius 3 is 3.00 bits per heavy atom. The summed E-state index contributed by atoms with van der Waals surface area (Å²) < 4.78 is 2.78. The summed E-state index contributed by atoms with van der Waals surface area (Å²) in [6.07, 6.45) is 5.16. The summed E-state index contributed by atoms with van der Waals surface area (Å²) in [5, 5.41) is 3.98. The zero-order chi connectivity index (χ0) is 6.97. The Morgan fingerprint density at radius 2 is 2.27 bits per heavy atom. The third-order valence-electron chi connectivity index (χ3n) is 1.25. The summed E-state index contributed by atoms with van der Waals surface area (Å²) in [5.41, 5.74) is 0.995. The van der Waals surface area contributed by atoms with Gasteiger partial charge in [-0.15, -0.1) is 12.4 Å². The van der Waals surface area contributed by atoms with Crippen LogP contribution in [-0.2, 0) is 0 Å². The molecular weight excluding hydrogens is 229 g/mol. The third kappa shape index (κ3) is 1.52. The molecular formula is C6H5BrClN3. The van der Waals surface area contributed by atoms with E-state index in [1.165, 1.54) is 6.33 Å². The van der Waals surface area contributed by atoms with Crippen LogP contribution in [0.5, 0.6) is 0 Å². The van der Waals surface area contributed by atoms with E-state index in [-0.39, 0.29) is 12.4 Å². The minimum Gasteiger partial charge on any atom is -0.241 e. The Balaban J connectivity index is 0.000000605. The van der Waals surface area contributed by atoms with Gasteiger partial charge < -0.3 is 0 Å². The quantitative estimate of drug-likeness (QED) is 0.697. The molecule has 2 rings (SSSR count). The molecule has 0 saturated carbocycles. The predicted octanol–water partition coefficient (Wildman–Crippen LogP) is 1.91. The molecule has 0 atom stereocenters. The molecule has 2 aromatic heterocycles. The van der Waals surface area contributed by atoms with Crippen LogP contribution in [0.3, 0.4) is 0 Å². The van der Waals surface area contributed by atoms with E-state index in [0.717, 1.165) is 9.99 Å². The van der Waals surface area contributed by atoms with Gasteiger partial charge in [0.1, 0.15) is 6.33 Å². The van der Waals surface area contributed by atoms with Crippen molar-refractivity contribution >= 4 is 33.9 Å². The van der Waals surface area contributed by atoms with Gasteiger partial charge in [0.05, 0.1) is 11.7 Å². The minimum atomic E-state index is 0. The number of rotatable bonds is 0. The Hall–Kier alpha value is -0.610. The second kappa shape index (κ2) is 3.19. The highest BCUT2D eigenvalue weighted by atomic mass is 79.9. The van der Waals surface area contributed by atoms with Gasteiger partial charge in [0.2, 0.25) is 0 Å². The first-order valence-corrected chi connectivity index (χ1v) is 3.59. The molecule has 0 amide bonds. The fraction of sp³-hybridized carbons (Fsp3) is 0. The molecule has 0 aliphatic rings. The van der Waals surface area contributed by atoms with Gasteiger partial charge in [-0.05, 0) is 22.0 Å². The summed E-state index contributed by atoms with van der Waals surface area (Å²) in [6.45, 7) is 0. The molecule has 0 N–H and O–H groups in total.